The van der Waals surface area contributed by atoms with E-state index >= 15 is 0 Å². The van der Waals surface area contributed by atoms with Crippen molar-refractivity contribution in [2.75, 3.05) is 20.2 Å². The van der Waals surface area contributed by atoms with Crippen LogP contribution in [0.3, 0.4) is 0 Å². The van der Waals surface area contributed by atoms with E-state index in [0.717, 1.165) is 24.1 Å². The molecule has 0 radical (unpaired) electrons. The van der Waals surface area contributed by atoms with Crippen LogP contribution in [0.15, 0.2) is 24.5 Å². The summed E-state index contributed by atoms with van der Waals surface area (Å²) in [5.74, 6) is -0.0895. The van der Waals surface area contributed by atoms with Gasteiger partial charge < -0.3 is 19.9 Å². The highest BCUT2D eigenvalue weighted by Crippen LogP contribution is 2.14. The topological polar surface area (TPSA) is 68.2 Å². The van der Waals surface area contributed by atoms with Crippen LogP contribution in [0.25, 0.3) is 11.0 Å². The molecule has 0 saturated carbocycles. The Balaban J connectivity index is 0.00000161. The van der Waals surface area contributed by atoms with Crippen molar-refractivity contribution < 1.29 is 9.53 Å². The number of rotatable bonds is 3. The summed E-state index contributed by atoms with van der Waals surface area (Å²) in [5, 5.41) is 6.21. The van der Waals surface area contributed by atoms with E-state index in [1.54, 1.807) is 13.4 Å². The lowest BCUT2D eigenvalue weighted by molar-refractivity contribution is 0.0780. The Labute approximate surface area is 129 Å². The van der Waals surface area contributed by atoms with E-state index in [1.165, 1.54) is 0 Å². The quantitative estimate of drug-likeness (QED) is 0.876. The zero-order valence-electron chi connectivity index (χ0n) is 12.0. The van der Waals surface area contributed by atoms with Crippen molar-refractivity contribution in [2.45, 2.75) is 12.1 Å². The second-order valence-electron chi connectivity index (χ2n) is 5.07. The molecule has 0 aliphatic carbocycles. The summed E-state index contributed by atoms with van der Waals surface area (Å²) in [7, 11) is 3.60. The van der Waals surface area contributed by atoms with Crippen LogP contribution in [0.5, 0.6) is 0 Å². The van der Waals surface area contributed by atoms with Gasteiger partial charge >= 0.3 is 0 Å². The highest BCUT2D eigenvalue weighted by Gasteiger charge is 2.28. The van der Waals surface area contributed by atoms with Crippen molar-refractivity contribution in [3.05, 3.63) is 30.1 Å². The monoisotopic (exact) mass is 310 g/mol. The zero-order chi connectivity index (χ0) is 14.1. The molecule has 7 heteroatoms. The van der Waals surface area contributed by atoms with Gasteiger partial charge in [0.15, 0.2) is 0 Å². The lowest BCUT2D eigenvalue weighted by Crippen LogP contribution is -2.43. The van der Waals surface area contributed by atoms with Crippen LogP contribution in [-0.2, 0) is 11.8 Å². The number of nitrogens with zero attached hydrogens (tertiary/aromatic N) is 2. The van der Waals surface area contributed by atoms with E-state index < -0.39 is 0 Å². The lowest BCUT2D eigenvalue weighted by Gasteiger charge is -2.18. The lowest BCUT2D eigenvalue weighted by atomic mass is 10.1. The van der Waals surface area contributed by atoms with Crippen molar-refractivity contribution in [1.82, 2.24) is 20.2 Å². The van der Waals surface area contributed by atoms with E-state index in [0.29, 0.717) is 5.56 Å². The molecule has 6 nitrogen and oxygen atoms in total. The van der Waals surface area contributed by atoms with Crippen molar-refractivity contribution >= 4 is 29.3 Å². The molecule has 2 heterocycles. The number of fused-ring (bicyclic) bond motifs is 1. The zero-order valence-corrected chi connectivity index (χ0v) is 12.8. The molecule has 1 amide bonds. The van der Waals surface area contributed by atoms with Crippen LogP contribution in [0.1, 0.15) is 10.4 Å². The Morgan fingerprint density at radius 3 is 3.05 bits per heavy atom. The molecular formula is C14H19ClN4O2. The molecule has 1 saturated heterocycles. The van der Waals surface area contributed by atoms with Gasteiger partial charge in [0.05, 0.1) is 29.5 Å². The van der Waals surface area contributed by atoms with Gasteiger partial charge in [0, 0.05) is 32.8 Å². The molecule has 2 N–H and O–H groups in total. The normalized spacial score (nSPS) is 21.2. The molecule has 0 bridgehead atoms. The second kappa shape index (κ2) is 6.43. The number of carbonyl (C=O) groups is 1. The van der Waals surface area contributed by atoms with Crippen LogP contribution in [0.2, 0.25) is 0 Å². The fourth-order valence-electron chi connectivity index (χ4n) is 2.58. The Kier molecular flexibility index (Phi) is 4.82. The summed E-state index contributed by atoms with van der Waals surface area (Å²) < 4.78 is 7.27. The smallest absolute Gasteiger partial charge is 0.251 e. The van der Waals surface area contributed by atoms with Gasteiger partial charge in [0.2, 0.25) is 0 Å². The van der Waals surface area contributed by atoms with Crippen molar-refractivity contribution in [3.63, 3.8) is 0 Å². The number of carbonyl (C=O) groups excluding carboxylic acids is 1. The number of methoxy groups -OCH3 is 1. The SMILES string of the molecule is CO[C@H]1CNCC1NC(=O)c1ccc2c(c1)ncn2C.Cl. The number of hydrogen-bond donors (Lipinski definition) is 2. The minimum absolute atomic E-state index is 0. The number of benzene rings is 1. The highest BCUT2D eigenvalue weighted by atomic mass is 35.5. The number of halogens is 1. The first-order chi connectivity index (χ1) is 9.69. The molecule has 1 fully saturated rings. The fraction of sp³-hybridized carbons (Fsp3) is 0.429. The van der Waals surface area contributed by atoms with Crippen molar-refractivity contribution in [2.24, 2.45) is 7.05 Å². The van der Waals surface area contributed by atoms with E-state index in [1.807, 2.05) is 29.8 Å². The standard InChI is InChI=1S/C14H18N4O2.ClH/c1-18-8-16-10-5-9(3-4-12(10)18)14(19)17-11-6-15-7-13(11)20-2;/h3-5,8,11,13,15H,6-7H2,1-2H3,(H,17,19);1H/t11?,13-;/m0./s1. The Morgan fingerprint density at radius 2 is 2.29 bits per heavy atom. The van der Waals surface area contributed by atoms with E-state index in [-0.39, 0.29) is 30.5 Å². The molecule has 1 aliphatic heterocycles. The highest BCUT2D eigenvalue weighted by molar-refractivity contribution is 5.97. The predicted molar refractivity (Wildman–Crippen MR) is 82.9 cm³/mol. The largest absolute Gasteiger partial charge is 0.378 e. The molecule has 3 rings (SSSR count). The van der Waals surface area contributed by atoms with Crippen LogP contribution >= 0.6 is 12.4 Å². The molecule has 2 aromatic rings. The van der Waals surface area contributed by atoms with Crippen molar-refractivity contribution in [1.29, 1.82) is 0 Å². The van der Waals surface area contributed by atoms with Gasteiger partial charge in [-0.2, -0.15) is 0 Å². The number of aryl methyl sites for hydroxylation is 1. The van der Waals surface area contributed by atoms with Gasteiger partial charge in [0.1, 0.15) is 0 Å². The third-order valence-electron chi connectivity index (χ3n) is 3.77. The molecule has 1 aliphatic rings. The van der Waals surface area contributed by atoms with Gasteiger partial charge in [-0.15, -0.1) is 12.4 Å². The van der Waals surface area contributed by atoms with Gasteiger partial charge in [0.25, 0.3) is 5.91 Å². The Hall–Kier alpha value is -1.63. The summed E-state index contributed by atoms with van der Waals surface area (Å²) in [6, 6.07) is 5.56. The van der Waals surface area contributed by atoms with Crippen LogP contribution in [0.4, 0.5) is 0 Å². The molecule has 1 aromatic carbocycles. The third-order valence-corrected chi connectivity index (χ3v) is 3.77. The first kappa shape index (κ1) is 15.8. The average molecular weight is 311 g/mol. The number of hydrogen-bond acceptors (Lipinski definition) is 4. The molecule has 1 unspecified atom stereocenters. The first-order valence-electron chi connectivity index (χ1n) is 6.64. The minimum atomic E-state index is -0.0895. The molecule has 114 valence electrons. The third kappa shape index (κ3) is 3.02. The summed E-state index contributed by atoms with van der Waals surface area (Å²) in [6.45, 7) is 1.50. The Bertz CT molecular complexity index is 643. The summed E-state index contributed by atoms with van der Waals surface area (Å²) in [5.41, 5.74) is 2.46. The molecule has 21 heavy (non-hydrogen) atoms. The summed E-state index contributed by atoms with van der Waals surface area (Å²) >= 11 is 0. The van der Waals surface area contributed by atoms with Crippen LogP contribution in [0, 0.1) is 0 Å². The number of ether oxygens (including phenoxy) is 1. The average Bonchev–Trinajstić information content (AvgIpc) is 3.05. The minimum Gasteiger partial charge on any atom is -0.378 e. The summed E-state index contributed by atoms with van der Waals surface area (Å²) in [4.78, 5) is 16.6. The molecule has 0 spiro atoms. The van der Waals surface area contributed by atoms with E-state index in [2.05, 4.69) is 15.6 Å². The molecule has 1 aromatic heterocycles. The maximum Gasteiger partial charge on any atom is 0.251 e. The summed E-state index contributed by atoms with van der Waals surface area (Å²) in [6.07, 6.45) is 1.77. The fourth-order valence-corrected chi connectivity index (χ4v) is 2.58. The number of imidazole rings is 1. The second-order valence-corrected chi connectivity index (χ2v) is 5.07. The van der Waals surface area contributed by atoms with Crippen LogP contribution < -0.4 is 10.6 Å². The molecular weight excluding hydrogens is 292 g/mol. The maximum absolute atomic E-state index is 12.3. The van der Waals surface area contributed by atoms with Crippen LogP contribution in [-0.4, -0.2) is 47.8 Å². The Morgan fingerprint density at radius 1 is 1.48 bits per heavy atom. The van der Waals surface area contributed by atoms with Gasteiger partial charge in [-0.1, -0.05) is 0 Å². The number of amides is 1. The van der Waals surface area contributed by atoms with Gasteiger partial charge in [-0.05, 0) is 18.2 Å². The maximum atomic E-state index is 12.3. The first-order valence-corrected chi connectivity index (χ1v) is 6.64. The number of nitrogens with one attached hydrogen (secondary N) is 2. The van der Waals surface area contributed by atoms with Crippen molar-refractivity contribution in [3.8, 4) is 0 Å². The number of aromatic nitrogens is 2. The molecule has 2 atom stereocenters. The van der Waals surface area contributed by atoms with Gasteiger partial charge in [-0.25, -0.2) is 4.98 Å². The van der Waals surface area contributed by atoms with Gasteiger partial charge in [-0.3, -0.25) is 4.79 Å². The van der Waals surface area contributed by atoms with E-state index in [9.17, 15) is 4.79 Å². The predicted octanol–water partition coefficient (Wildman–Crippen LogP) is 0.712. The van der Waals surface area contributed by atoms with E-state index in [4.69, 9.17) is 4.74 Å².